The van der Waals surface area contributed by atoms with Gasteiger partial charge in [-0.05, 0) is 31.6 Å². The zero-order valence-electron chi connectivity index (χ0n) is 10.8. The summed E-state index contributed by atoms with van der Waals surface area (Å²) in [7, 11) is -3.26. The molecule has 2 rings (SSSR count). The Bertz CT molecular complexity index is 355. The monoisotopic (exact) mass is 338 g/mol. The largest absolute Gasteiger partial charge is 0.279 e. The van der Waals surface area contributed by atoms with E-state index in [-0.39, 0.29) is 6.04 Å². The van der Waals surface area contributed by atoms with Gasteiger partial charge >= 0.3 is 0 Å². The number of alkyl halides is 1. The third-order valence-electron chi connectivity index (χ3n) is 4.06. The second-order valence-corrected chi connectivity index (χ2v) is 7.74. The third kappa shape index (κ3) is 3.68. The first kappa shape index (κ1) is 14.8. The molecular weight excluding hydrogens is 316 g/mol. The average Bonchev–Trinajstić information content (AvgIpc) is 2.40. The molecule has 4 nitrogen and oxygen atoms in total. The molecule has 0 spiro atoms. The van der Waals surface area contributed by atoms with Crippen LogP contribution in [-0.2, 0) is 10.2 Å². The van der Waals surface area contributed by atoms with Crippen LogP contribution in [0.1, 0.15) is 44.9 Å². The summed E-state index contributed by atoms with van der Waals surface area (Å²) >= 11 is 3.51. The highest BCUT2D eigenvalue weighted by molar-refractivity contribution is 9.09. The lowest BCUT2D eigenvalue weighted by atomic mass is 9.87. The maximum absolute atomic E-state index is 12.3. The van der Waals surface area contributed by atoms with Crippen LogP contribution in [0.4, 0.5) is 0 Å². The van der Waals surface area contributed by atoms with Crippen molar-refractivity contribution < 1.29 is 8.42 Å². The number of nitrogens with zero attached hydrogens (tertiary/aromatic N) is 1. The van der Waals surface area contributed by atoms with E-state index in [1.165, 1.54) is 6.42 Å². The predicted octanol–water partition coefficient (Wildman–Crippen LogP) is 2.26. The van der Waals surface area contributed by atoms with E-state index in [0.717, 1.165) is 43.9 Å². The summed E-state index contributed by atoms with van der Waals surface area (Å²) in [6.45, 7) is 1.36. The number of rotatable bonds is 4. The molecule has 1 saturated heterocycles. The second-order valence-electron chi connectivity index (χ2n) is 5.39. The highest BCUT2D eigenvalue weighted by Crippen LogP contribution is 2.27. The molecule has 2 aliphatic rings. The van der Waals surface area contributed by atoms with E-state index in [4.69, 9.17) is 0 Å². The molecule has 2 unspecified atom stereocenters. The molecule has 1 aliphatic heterocycles. The number of halogens is 1. The van der Waals surface area contributed by atoms with Crippen molar-refractivity contribution in [1.82, 2.24) is 9.03 Å². The van der Waals surface area contributed by atoms with Crippen molar-refractivity contribution >= 4 is 26.1 Å². The molecule has 2 atom stereocenters. The first-order valence-corrected chi connectivity index (χ1v) is 9.53. The maximum Gasteiger partial charge on any atom is 0.279 e. The molecule has 0 aromatic carbocycles. The van der Waals surface area contributed by atoms with E-state index in [9.17, 15) is 8.42 Å². The highest BCUT2D eigenvalue weighted by Gasteiger charge is 2.31. The van der Waals surface area contributed by atoms with Crippen molar-refractivity contribution in [3.05, 3.63) is 0 Å². The van der Waals surface area contributed by atoms with E-state index in [2.05, 4.69) is 20.7 Å². The van der Waals surface area contributed by atoms with Crippen LogP contribution in [0.2, 0.25) is 0 Å². The molecule has 0 radical (unpaired) electrons. The van der Waals surface area contributed by atoms with Gasteiger partial charge in [0.2, 0.25) is 0 Å². The fourth-order valence-corrected chi connectivity index (χ4v) is 5.27. The minimum Gasteiger partial charge on any atom is -0.199 e. The van der Waals surface area contributed by atoms with Crippen LogP contribution >= 0.6 is 15.9 Å². The van der Waals surface area contributed by atoms with Crippen LogP contribution in [0.15, 0.2) is 0 Å². The minimum absolute atomic E-state index is 0.116. The number of hydrogen-bond acceptors (Lipinski definition) is 2. The molecule has 0 aromatic heterocycles. The van der Waals surface area contributed by atoms with Gasteiger partial charge in [-0.3, -0.25) is 0 Å². The van der Waals surface area contributed by atoms with Crippen LogP contribution in [0.3, 0.4) is 0 Å². The third-order valence-corrected chi connectivity index (χ3v) is 6.54. The lowest BCUT2D eigenvalue weighted by Crippen LogP contribution is -2.50. The zero-order chi connectivity index (χ0) is 13.0. The lowest BCUT2D eigenvalue weighted by molar-refractivity contribution is 0.296. The van der Waals surface area contributed by atoms with Gasteiger partial charge < -0.3 is 0 Å². The predicted molar refractivity (Wildman–Crippen MR) is 77.0 cm³/mol. The maximum atomic E-state index is 12.3. The fraction of sp³-hybridized carbons (Fsp3) is 1.00. The molecule has 18 heavy (non-hydrogen) atoms. The molecule has 6 heteroatoms. The molecular formula is C12H23BrN2O2S. The van der Waals surface area contributed by atoms with Crippen molar-refractivity contribution in [3.63, 3.8) is 0 Å². The Kier molecular flexibility index (Phi) is 5.47. The molecule has 0 amide bonds. The summed E-state index contributed by atoms with van der Waals surface area (Å²) in [5.41, 5.74) is 0. The summed E-state index contributed by atoms with van der Waals surface area (Å²) in [6.07, 6.45) is 7.59. The molecule has 1 aliphatic carbocycles. The van der Waals surface area contributed by atoms with Gasteiger partial charge in [0, 0.05) is 24.5 Å². The molecule has 1 heterocycles. The van der Waals surface area contributed by atoms with E-state index in [1.54, 1.807) is 4.31 Å². The van der Waals surface area contributed by atoms with E-state index < -0.39 is 10.2 Å². The molecule has 2 fully saturated rings. The van der Waals surface area contributed by atoms with Crippen molar-refractivity contribution in [1.29, 1.82) is 0 Å². The molecule has 106 valence electrons. The standard InChI is InChI=1S/C12H23BrN2O2S/c13-10-11-6-2-3-7-12(11)14-18(16,17)15-8-4-1-5-9-15/h11-12,14H,1-10H2. The van der Waals surface area contributed by atoms with Gasteiger partial charge in [0.25, 0.3) is 10.2 Å². The molecule has 1 saturated carbocycles. The molecule has 1 N–H and O–H groups in total. The van der Waals surface area contributed by atoms with E-state index in [1.807, 2.05) is 0 Å². The van der Waals surface area contributed by atoms with Gasteiger partial charge in [0.05, 0.1) is 0 Å². The minimum atomic E-state index is -3.26. The summed E-state index contributed by atoms with van der Waals surface area (Å²) in [4.78, 5) is 0. The Morgan fingerprint density at radius 2 is 1.72 bits per heavy atom. The number of nitrogens with one attached hydrogen (secondary N) is 1. The van der Waals surface area contributed by atoms with Gasteiger partial charge in [-0.25, -0.2) is 0 Å². The van der Waals surface area contributed by atoms with Gasteiger partial charge in [0.15, 0.2) is 0 Å². The van der Waals surface area contributed by atoms with E-state index >= 15 is 0 Å². The van der Waals surface area contributed by atoms with Crippen molar-refractivity contribution in [2.24, 2.45) is 5.92 Å². The summed E-state index contributed by atoms with van der Waals surface area (Å²) in [6, 6.07) is 0.116. The lowest BCUT2D eigenvalue weighted by Gasteiger charge is -2.34. The van der Waals surface area contributed by atoms with Gasteiger partial charge in [-0.1, -0.05) is 35.2 Å². The first-order chi connectivity index (χ1) is 8.63. The quantitative estimate of drug-likeness (QED) is 0.799. The van der Waals surface area contributed by atoms with Gasteiger partial charge in [-0.15, -0.1) is 0 Å². The second kappa shape index (κ2) is 6.68. The topological polar surface area (TPSA) is 49.4 Å². The summed E-state index contributed by atoms with van der Waals surface area (Å²) in [5, 5.41) is 0.889. The molecule has 0 bridgehead atoms. The fourth-order valence-electron chi connectivity index (χ4n) is 2.92. The Morgan fingerprint density at radius 3 is 2.39 bits per heavy atom. The number of hydrogen-bond donors (Lipinski definition) is 1. The van der Waals surface area contributed by atoms with Crippen LogP contribution in [0.25, 0.3) is 0 Å². The van der Waals surface area contributed by atoms with Gasteiger partial charge in [0.1, 0.15) is 0 Å². The molecule has 0 aromatic rings. The summed E-state index contributed by atoms with van der Waals surface area (Å²) in [5.74, 6) is 0.443. The smallest absolute Gasteiger partial charge is 0.199 e. The van der Waals surface area contributed by atoms with Crippen molar-refractivity contribution in [2.75, 3.05) is 18.4 Å². The Balaban J connectivity index is 1.97. The summed E-state index contributed by atoms with van der Waals surface area (Å²) < 4.78 is 29.2. The number of piperidine rings is 1. The SMILES string of the molecule is O=S(=O)(NC1CCCCC1CBr)N1CCCCC1. The Hall–Kier alpha value is 0.350. The average molecular weight is 339 g/mol. The van der Waals surface area contributed by atoms with Crippen LogP contribution in [-0.4, -0.2) is 37.2 Å². The highest BCUT2D eigenvalue weighted by atomic mass is 79.9. The van der Waals surface area contributed by atoms with Gasteiger partial charge in [-0.2, -0.15) is 17.4 Å². The van der Waals surface area contributed by atoms with E-state index in [0.29, 0.717) is 19.0 Å². The Labute approximate surface area is 119 Å². The normalized spacial score (nSPS) is 31.4. The van der Waals surface area contributed by atoms with Crippen molar-refractivity contribution in [2.45, 2.75) is 51.0 Å². The van der Waals surface area contributed by atoms with Crippen LogP contribution in [0, 0.1) is 5.92 Å². The first-order valence-electron chi connectivity index (χ1n) is 6.97. The van der Waals surface area contributed by atoms with Crippen LogP contribution < -0.4 is 4.72 Å². The zero-order valence-corrected chi connectivity index (χ0v) is 13.2. The van der Waals surface area contributed by atoms with Crippen LogP contribution in [0.5, 0.6) is 0 Å². The Morgan fingerprint density at radius 1 is 1.06 bits per heavy atom. The van der Waals surface area contributed by atoms with Crippen molar-refractivity contribution in [3.8, 4) is 0 Å².